The quantitative estimate of drug-likeness (QED) is 0.457. The summed E-state index contributed by atoms with van der Waals surface area (Å²) in [5, 5.41) is 2.57. The van der Waals surface area contributed by atoms with Crippen LogP contribution in [0.25, 0.3) is 0 Å². The zero-order valence-corrected chi connectivity index (χ0v) is 16.8. The number of hydrogen-bond acceptors (Lipinski definition) is 6. The highest BCUT2D eigenvalue weighted by molar-refractivity contribution is 5.98. The van der Waals surface area contributed by atoms with E-state index >= 15 is 0 Å². The number of ketones is 1. The van der Waals surface area contributed by atoms with Crippen molar-refractivity contribution >= 4 is 29.3 Å². The summed E-state index contributed by atoms with van der Waals surface area (Å²) in [6.45, 7) is 3.83. The van der Waals surface area contributed by atoms with Crippen molar-refractivity contribution in [2.75, 3.05) is 11.9 Å². The second-order valence-corrected chi connectivity index (χ2v) is 6.44. The Balaban J connectivity index is 1.79. The molecule has 0 aliphatic heterocycles. The van der Waals surface area contributed by atoms with Gasteiger partial charge in [-0.15, -0.1) is 0 Å². The van der Waals surface area contributed by atoms with Crippen molar-refractivity contribution < 1.29 is 28.7 Å². The molecule has 0 aliphatic carbocycles. The first-order valence-electron chi connectivity index (χ1n) is 9.46. The highest BCUT2D eigenvalue weighted by atomic mass is 16.5. The van der Waals surface area contributed by atoms with Crippen LogP contribution in [0.5, 0.6) is 5.75 Å². The molecule has 8 nitrogen and oxygen atoms in total. The number of ether oxygens (including phenoxy) is 2. The van der Waals surface area contributed by atoms with Crippen LogP contribution in [0.15, 0.2) is 48.5 Å². The Labute approximate surface area is 174 Å². The fraction of sp³-hybridized carbons (Fsp3) is 0.273. The summed E-state index contributed by atoms with van der Waals surface area (Å²) in [6, 6.07) is 12.6. The molecule has 2 amide bonds. The number of benzene rings is 2. The lowest BCUT2D eigenvalue weighted by molar-refractivity contribution is -0.153. The molecule has 1 atom stereocenters. The zero-order chi connectivity index (χ0) is 22.1. The molecule has 3 N–H and O–H groups in total. The second kappa shape index (κ2) is 10.8. The molecule has 0 fully saturated rings. The number of carbonyl (C=O) groups excluding carboxylic acids is 4. The smallest absolute Gasteiger partial charge is 0.307 e. The summed E-state index contributed by atoms with van der Waals surface area (Å²) in [5.74, 6) is -1.30. The standard InChI is InChI=1S/C22H24N2O6/c1-3-29-18-10-6-15(7-11-18)19(25)12-13-20(26)30-14(2)22(28)24-17-8-4-16(5-9-17)21(23)27/h4-11,14H,3,12-13H2,1-2H3,(H2,23,27)(H,24,28)/t14-/m1/s1. The summed E-state index contributed by atoms with van der Waals surface area (Å²) in [5.41, 5.74) is 6.37. The van der Waals surface area contributed by atoms with Gasteiger partial charge in [0.15, 0.2) is 11.9 Å². The van der Waals surface area contributed by atoms with Crippen LogP contribution in [-0.4, -0.2) is 36.3 Å². The minimum absolute atomic E-state index is 0.0320. The molecule has 0 heterocycles. The van der Waals surface area contributed by atoms with Crippen LogP contribution < -0.4 is 15.8 Å². The van der Waals surface area contributed by atoms with Gasteiger partial charge in [-0.05, 0) is 62.4 Å². The van der Waals surface area contributed by atoms with E-state index in [1.807, 2.05) is 6.92 Å². The third-order valence-electron chi connectivity index (χ3n) is 4.16. The summed E-state index contributed by atoms with van der Waals surface area (Å²) in [7, 11) is 0. The van der Waals surface area contributed by atoms with Crippen molar-refractivity contribution in [2.45, 2.75) is 32.8 Å². The van der Waals surface area contributed by atoms with Gasteiger partial charge in [0.2, 0.25) is 5.91 Å². The van der Waals surface area contributed by atoms with E-state index in [4.69, 9.17) is 15.2 Å². The molecule has 158 valence electrons. The highest BCUT2D eigenvalue weighted by Gasteiger charge is 2.19. The number of nitrogens with one attached hydrogen (secondary N) is 1. The normalized spacial score (nSPS) is 11.3. The van der Waals surface area contributed by atoms with Crippen LogP contribution in [0.1, 0.15) is 47.4 Å². The van der Waals surface area contributed by atoms with Crippen LogP contribution in [0.4, 0.5) is 5.69 Å². The maximum absolute atomic E-state index is 12.2. The molecule has 0 unspecified atom stereocenters. The van der Waals surface area contributed by atoms with Gasteiger partial charge in [-0.2, -0.15) is 0 Å². The van der Waals surface area contributed by atoms with Crippen LogP contribution in [0.3, 0.4) is 0 Å². The van der Waals surface area contributed by atoms with E-state index in [0.29, 0.717) is 29.2 Å². The predicted molar refractivity (Wildman–Crippen MR) is 110 cm³/mol. The van der Waals surface area contributed by atoms with E-state index < -0.39 is 23.9 Å². The molecular weight excluding hydrogens is 388 g/mol. The highest BCUT2D eigenvalue weighted by Crippen LogP contribution is 2.15. The lowest BCUT2D eigenvalue weighted by Crippen LogP contribution is -2.30. The van der Waals surface area contributed by atoms with Gasteiger partial charge in [-0.3, -0.25) is 19.2 Å². The van der Waals surface area contributed by atoms with E-state index in [-0.39, 0.29) is 18.6 Å². The Bertz CT molecular complexity index is 906. The molecule has 30 heavy (non-hydrogen) atoms. The summed E-state index contributed by atoms with van der Waals surface area (Å²) >= 11 is 0. The lowest BCUT2D eigenvalue weighted by atomic mass is 10.1. The van der Waals surface area contributed by atoms with Crippen molar-refractivity contribution in [3.63, 3.8) is 0 Å². The van der Waals surface area contributed by atoms with Gasteiger partial charge in [-0.1, -0.05) is 0 Å². The topological polar surface area (TPSA) is 125 Å². The Hall–Kier alpha value is -3.68. The van der Waals surface area contributed by atoms with Crippen molar-refractivity contribution in [1.29, 1.82) is 0 Å². The van der Waals surface area contributed by atoms with Crippen LogP contribution in [-0.2, 0) is 14.3 Å². The molecule has 0 bridgehead atoms. The molecule has 0 aliphatic rings. The minimum atomic E-state index is -1.05. The summed E-state index contributed by atoms with van der Waals surface area (Å²) in [4.78, 5) is 47.4. The van der Waals surface area contributed by atoms with Gasteiger partial charge in [-0.25, -0.2) is 0 Å². The molecule has 0 spiro atoms. The third kappa shape index (κ3) is 6.73. The number of anilines is 1. The van der Waals surface area contributed by atoms with E-state index in [1.165, 1.54) is 31.2 Å². The number of hydrogen-bond donors (Lipinski definition) is 2. The van der Waals surface area contributed by atoms with Crippen LogP contribution in [0, 0.1) is 0 Å². The maximum atomic E-state index is 12.2. The van der Waals surface area contributed by atoms with Crippen LogP contribution in [0.2, 0.25) is 0 Å². The van der Waals surface area contributed by atoms with Gasteiger partial charge >= 0.3 is 5.97 Å². The summed E-state index contributed by atoms with van der Waals surface area (Å²) in [6.07, 6.45) is -1.22. The van der Waals surface area contributed by atoms with Gasteiger partial charge in [0.05, 0.1) is 13.0 Å². The van der Waals surface area contributed by atoms with Crippen molar-refractivity contribution in [3.05, 3.63) is 59.7 Å². The van der Waals surface area contributed by atoms with Gasteiger partial charge in [0, 0.05) is 23.2 Å². The minimum Gasteiger partial charge on any atom is -0.494 e. The Morgan fingerprint density at radius 2 is 1.53 bits per heavy atom. The average Bonchev–Trinajstić information content (AvgIpc) is 2.73. The molecule has 0 saturated heterocycles. The molecule has 0 aromatic heterocycles. The zero-order valence-electron chi connectivity index (χ0n) is 16.8. The molecule has 2 aromatic rings. The number of amides is 2. The van der Waals surface area contributed by atoms with E-state index in [9.17, 15) is 19.2 Å². The van der Waals surface area contributed by atoms with Gasteiger partial charge in [0.25, 0.3) is 5.91 Å². The lowest BCUT2D eigenvalue weighted by Gasteiger charge is -2.13. The third-order valence-corrected chi connectivity index (χ3v) is 4.16. The molecule has 8 heteroatoms. The number of esters is 1. The predicted octanol–water partition coefficient (Wildman–Crippen LogP) is 2.72. The monoisotopic (exact) mass is 412 g/mol. The first-order valence-corrected chi connectivity index (χ1v) is 9.46. The number of nitrogens with two attached hydrogens (primary N) is 1. The fourth-order valence-electron chi connectivity index (χ4n) is 2.53. The first kappa shape index (κ1) is 22.6. The van der Waals surface area contributed by atoms with E-state index in [2.05, 4.69) is 5.32 Å². The number of Topliss-reactive ketones (excluding diaryl/α,β-unsaturated/α-hetero) is 1. The molecular formula is C22H24N2O6. The molecule has 2 aromatic carbocycles. The Morgan fingerprint density at radius 3 is 2.10 bits per heavy atom. The molecule has 0 saturated carbocycles. The molecule has 0 radical (unpaired) electrons. The van der Waals surface area contributed by atoms with Crippen molar-refractivity contribution in [2.24, 2.45) is 5.73 Å². The number of primary amides is 1. The van der Waals surface area contributed by atoms with E-state index in [0.717, 1.165) is 0 Å². The van der Waals surface area contributed by atoms with Crippen molar-refractivity contribution in [1.82, 2.24) is 0 Å². The fourth-order valence-corrected chi connectivity index (χ4v) is 2.53. The van der Waals surface area contributed by atoms with Gasteiger partial charge in [0.1, 0.15) is 5.75 Å². The number of carbonyl (C=O) groups is 4. The average molecular weight is 412 g/mol. The second-order valence-electron chi connectivity index (χ2n) is 6.44. The van der Waals surface area contributed by atoms with Crippen molar-refractivity contribution in [3.8, 4) is 5.75 Å². The number of rotatable bonds is 10. The van der Waals surface area contributed by atoms with Crippen LogP contribution >= 0.6 is 0 Å². The Kier molecular flexibility index (Phi) is 8.10. The van der Waals surface area contributed by atoms with Gasteiger partial charge < -0.3 is 20.5 Å². The van der Waals surface area contributed by atoms with E-state index in [1.54, 1.807) is 24.3 Å². The Morgan fingerprint density at radius 1 is 0.933 bits per heavy atom. The largest absolute Gasteiger partial charge is 0.494 e. The molecule has 2 rings (SSSR count). The maximum Gasteiger partial charge on any atom is 0.307 e. The first-order chi connectivity index (χ1) is 14.3. The SMILES string of the molecule is CCOc1ccc(C(=O)CCC(=O)O[C@H](C)C(=O)Nc2ccc(C(N)=O)cc2)cc1. The summed E-state index contributed by atoms with van der Waals surface area (Å²) < 4.78 is 10.4.